The molecular weight excluding hydrogens is 490 g/mol. The molecular formula is C21H27F4N7O4. The molecule has 15 heteroatoms. The van der Waals surface area contributed by atoms with E-state index in [0.717, 1.165) is 9.91 Å². The fourth-order valence-corrected chi connectivity index (χ4v) is 2.90. The van der Waals surface area contributed by atoms with Crippen molar-refractivity contribution in [2.24, 2.45) is 12.1 Å². The Morgan fingerprint density at radius 3 is 2.53 bits per heavy atom. The van der Waals surface area contributed by atoms with Crippen LogP contribution < -0.4 is 15.1 Å². The van der Waals surface area contributed by atoms with Crippen molar-refractivity contribution in [3.63, 3.8) is 0 Å². The van der Waals surface area contributed by atoms with Gasteiger partial charge < -0.3 is 15.2 Å². The van der Waals surface area contributed by atoms with E-state index in [9.17, 15) is 32.3 Å². The van der Waals surface area contributed by atoms with E-state index < -0.39 is 48.4 Å². The van der Waals surface area contributed by atoms with Gasteiger partial charge in [0.1, 0.15) is 18.0 Å². The topological polar surface area (TPSA) is 125 Å². The molecule has 2 rings (SSSR count). The predicted molar refractivity (Wildman–Crippen MR) is 122 cm³/mol. The number of ether oxygens (including phenoxy) is 1. The van der Waals surface area contributed by atoms with Crippen LogP contribution in [0, 0.1) is 5.82 Å². The zero-order chi connectivity index (χ0) is 27.2. The largest absolute Gasteiger partial charge is 0.467 e. The van der Waals surface area contributed by atoms with Crippen molar-refractivity contribution in [1.82, 2.24) is 19.7 Å². The van der Waals surface area contributed by atoms with Crippen LogP contribution in [0.25, 0.3) is 0 Å². The lowest BCUT2D eigenvalue weighted by molar-refractivity contribution is -0.154. The number of carbonyl (C=O) groups excluding carboxylic acids is 2. The molecule has 0 radical (unpaired) electrons. The molecule has 198 valence electrons. The molecule has 2 amide bonds. The van der Waals surface area contributed by atoms with Crippen molar-refractivity contribution >= 4 is 29.8 Å². The van der Waals surface area contributed by atoms with Crippen LogP contribution in [0.5, 0.6) is 5.88 Å². The lowest BCUT2D eigenvalue weighted by Gasteiger charge is -2.21. The fourth-order valence-electron chi connectivity index (χ4n) is 2.90. The molecule has 2 aromatic heterocycles. The van der Waals surface area contributed by atoms with Crippen LogP contribution in [0.4, 0.5) is 29.2 Å². The first-order valence-electron chi connectivity index (χ1n) is 10.7. The summed E-state index contributed by atoms with van der Waals surface area (Å²) in [6.45, 7) is 3.01. The van der Waals surface area contributed by atoms with Crippen LogP contribution in [-0.4, -0.2) is 75.9 Å². The summed E-state index contributed by atoms with van der Waals surface area (Å²) in [6.07, 6.45) is -4.38. The highest BCUT2D eigenvalue weighted by Gasteiger charge is 2.31. The minimum absolute atomic E-state index is 0.0358. The number of alkyl halides is 3. The molecule has 0 aliphatic heterocycles. The van der Waals surface area contributed by atoms with E-state index in [1.54, 1.807) is 20.0 Å². The van der Waals surface area contributed by atoms with E-state index in [-0.39, 0.29) is 24.1 Å². The van der Waals surface area contributed by atoms with Gasteiger partial charge in [-0.3, -0.25) is 19.2 Å². The SMILES string of the molecule is CCN(C=O)/C(CO)=N\N(C)c1nc(OCC(F)(F)F)c(C(=O)Nc2cc(C(C)C)nn2C)cc1F. The summed E-state index contributed by atoms with van der Waals surface area (Å²) in [4.78, 5) is 28.8. The Morgan fingerprint density at radius 2 is 2.03 bits per heavy atom. The minimum Gasteiger partial charge on any atom is -0.467 e. The van der Waals surface area contributed by atoms with E-state index in [1.807, 2.05) is 13.8 Å². The number of anilines is 2. The number of hydrogen-bond donors (Lipinski definition) is 2. The quantitative estimate of drug-likeness (QED) is 0.163. The molecule has 0 bridgehead atoms. The number of amides is 2. The zero-order valence-electron chi connectivity index (χ0n) is 20.3. The number of aliphatic hydroxyl groups excluding tert-OH is 1. The van der Waals surface area contributed by atoms with Gasteiger partial charge in [0.15, 0.2) is 24.1 Å². The zero-order valence-corrected chi connectivity index (χ0v) is 20.3. The highest BCUT2D eigenvalue weighted by Crippen LogP contribution is 2.28. The minimum atomic E-state index is -4.77. The van der Waals surface area contributed by atoms with Crippen molar-refractivity contribution in [3.8, 4) is 5.88 Å². The molecule has 2 heterocycles. The van der Waals surface area contributed by atoms with Gasteiger partial charge in [0.25, 0.3) is 5.91 Å². The van der Waals surface area contributed by atoms with Gasteiger partial charge in [0, 0.05) is 26.7 Å². The Bertz CT molecular complexity index is 1120. The van der Waals surface area contributed by atoms with Gasteiger partial charge in [0.2, 0.25) is 12.3 Å². The molecule has 0 saturated heterocycles. The number of amidine groups is 1. The molecule has 0 spiro atoms. The number of hydrazone groups is 1. The standard InChI is InChI=1S/C21H27F4N7O4/c1-6-32(11-34)17(9-33)29-31(5)18-14(22)7-13(20(27-18)36-10-21(23,24)25)19(35)26-16-8-15(12(2)3)28-30(16)4/h7-8,11-12,33H,6,9-10H2,1-5H3,(H,26,35)/b29-17-. The Labute approximate surface area is 204 Å². The molecule has 36 heavy (non-hydrogen) atoms. The number of aryl methyl sites for hydroxylation is 1. The summed E-state index contributed by atoms with van der Waals surface area (Å²) in [6, 6.07) is 2.23. The summed E-state index contributed by atoms with van der Waals surface area (Å²) >= 11 is 0. The summed E-state index contributed by atoms with van der Waals surface area (Å²) in [7, 11) is 2.74. The fraction of sp³-hybridized carbons (Fsp3) is 0.476. The van der Waals surface area contributed by atoms with Crippen LogP contribution in [-0.2, 0) is 11.8 Å². The summed E-state index contributed by atoms with van der Waals surface area (Å²) < 4.78 is 59.6. The number of nitrogens with zero attached hydrogens (tertiary/aromatic N) is 6. The average molecular weight is 517 g/mol. The third-order valence-corrected chi connectivity index (χ3v) is 4.78. The molecule has 2 N–H and O–H groups in total. The maximum Gasteiger partial charge on any atom is 0.422 e. The first-order chi connectivity index (χ1) is 16.8. The Morgan fingerprint density at radius 1 is 1.36 bits per heavy atom. The highest BCUT2D eigenvalue weighted by molar-refractivity contribution is 6.05. The van der Waals surface area contributed by atoms with Gasteiger partial charge in [-0.15, -0.1) is 0 Å². The number of pyridine rings is 1. The first-order valence-corrected chi connectivity index (χ1v) is 10.7. The molecule has 0 aromatic carbocycles. The third-order valence-electron chi connectivity index (χ3n) is 4.78. The predicted octanol–water partition coefficient (Wildman–Crippen LogP) is 2.49. The highest BCUT2D eigenvalue weighted by atomic mass is 19.4. The van der Waals surface area contributed by atoms with E-state index in [1.165, 1.54) is 11.7 Å². The molecule has 11 nitrogen and oxygen atoms in total. The van der Waals surface area contributed by atoms with Gasteiger partial charge in [-0.2, -0.15) is 28.4 Å². The molecule has 0 aliphatic carbocycles. The lowest BCUT2D eigenvalue weighted by Crippen LogP contribution is -2.34. The van der Waals surface area contributed by atoms with E-state index in [0.29, 0.717) is 18.2 Å². The van der Waals surface area contributed by atoms with E-state index in [4.69, 9.17) is 4.74 Å². The number of carbonyl (C=O) groups is 2. The van der Waals surface area contributed by atoms with Crippen LogP contribution in [0.3, 0.4) is 0 Å². The Balaban J connectivity index is 2.49. The number of hydrogen-bond acceptors (Lipinski definition) is 8. The second-order valence-electron chi connectivity index (χ2n) is 7.83. The average Bonchev–Trinajstić information content (AvgIpc) is 3.17. The molecule has 0 unspecified atom stereocenters. The van der Waals surface area contributed by atoms with Gasteiger partial charge >= 0.3 is 6.18 Å². The molecule has 0 saturated carbocycles. The molecule has 0 fully saturated rings. The smallest absolute Gasteiger partial charge is 0.422 e. The summed E-state index contributed by atoms with van der Waals surface area (Å²) in [5, 5.41) is 20.9. The normalized spacial score (nSPS) is 12.0. The van der Waals surface area contributed by atoms with E-state index in [2.05, 4.69) is 20.5 Å². The van der Waals surface area contributed by atoms with Gasteiger partial charge in [-0.25, -0.2) is 9.40 Å². The second-order valence-corrected chi connectivity index (χ2v) is 7.83. The maximum absolute atomic E-state index is 15.0. The van der Waals surface area contributed by atoms with Gasteiger partial charge in [-0.05, 0) is 18.9 Å². The summed E-state index contributed by atoms with van der Waals surface area (Å²) in [5.74, 6) is -3.43. The van der Waals surface area contributed by atoms with E-state index >= 15 is 0 Å². The van der Waals surface area contributed by atoms with Crippen molar-refractivity contribution in [3.05, 3.63) is 29.2 Å². The van der Waals surface area contributed by atoms with Crippen LogP contribution in [0.15, 0.2) is 17.2 Å². The summed E-state index contributed by atoms with van der Waals surface area (Å²) in [5.41, 5.74) is 0.0484. The van der Waals surface area contributed by atoms with Gasteiger partial charge in [-0.1, -0.05) is 13.8 Å². The first kappa shape index (κ1) is 28.5. The number of aromatic nitrogens is 3. The van der Waals surface area contributed by atoms with Crippen molar-refractivity contribution < 1.29 is 37.0 Å². The third kappa shape index (κ3) is 7.13. The number of halogens is 4. The lowest BCUT2D eigenvalue weighted by atomic mass is 10.1. The molecule has 0 aliphatic rings. The van der Waals surface area contributed by atoms with Crippen LogP contribution in [0.1, 0.15) is 42.7 Å². The van der Waals surface area contributed by atoms with Crippen molar-refractivity contribution in [2.75, 3.05) is 37.1 Å². The van der Waals surface area contributed by atoms with Crippen molar-refractivity contribution in [1.29, 1.82) is 0 Å². The van der Waals surface area contributed by atoms with Crippen LogP contribution in [0.2, 0.25) is 0 Å². The molecule has 2 aromatic rings. The Kier molecular flexibility index (Phi) is 9.33. The Hall–Kier alpha value is -3.75. The number of likely N-dealkylation sites (N-methyl/N-ethyl adjacent to an activating group) is 1. The van der Waals surface area contributed by atoms with Gasteiger partial charge in [0.05, 0.1) is 5.69 Å². The second kappa shape index (κ2) is 11.8. The number of aliphatic hydroxyl groups is 1. The molecule has 0 atom stereocenters. The maximum atomic E-state index is 15.0. The number of rotatable bonds is 10. The number of nitrogens with one attached hydrogen (secondary N) is 1. The van der Waals surface area contributed by atoms with Crippen molar-refractivity contribution in [2.45, 2.75) is 32.9 Å². The monoisotopic (exact) mass is 517 g/mol. The van der Waals surface area contributed by atoms with Crippen LogP contribution >= 0.6 is 0 Å².